The van der Waals surface area contributed by atoms with Crippen LogP contribution in [0.15, 0.2) is 53.7 Å². The first-order valence-corrected chi connectivity index (χ1v) is 11.1. The molecular weight excluding hydrogens is 380 g/mol. The van der Waals surface area contributed by atoms with E-state index in [-0.39, 0.29) is 5.91 Å². The fraction of sp³-hybridized carbons (Fsp3) is 0.348. The molecule has 0 bridgehead atoms. The lowest BCUT2D eigenvalue weighted by molar-refractivity contribution is -0.129. The molecule has 1 aliphatic heterocycles. The summed E-state index contributed by atoms with van der Waals surface area (Å²) in [5.41, 5.74) is 4.40. The highest BCUT2D eigenvalue weighted by atomic mass is 32.2. The van der Waals surface area contributed by atoms with E-state index in [9.17, 15) is 4.79 Å². The number of thioether (sulfide) groups is 1. The van der Waals surface area contributed by atoms with Crippen LogP contribution in [0.5, 0.6) is 0 Å². The predicted molar refractivity (Wildman–Crippen MR) is 117 cm³/mol. The van der Waals surface area contributed by atoms with Crippen molar-refractivity contribution < 1.29 is 4.79 Å². The van der Waals surface area contributed by atoms with E-state index in [4.69, 9.17) is 0 Å². The first kappa shape index (κ1) is 19.7. The van der Waals surface area contributed by atoms with Crippen LogP contribution in [0.3, 0.4) is 0 Å². The fourth-order valence-electron chi connectivity index (χ4n) is 3.62. The summed E-state index contributed by atoms with van der Waals surface area (Å²) in [5.74, 6) is 1.37. The number of carbonyl (C=O) groups is 1. The van der Waals surface area contributed by atoms with Crippen LogP contribution in [-0.2, 0) is 4.79 Å². The number of amides is 1. The van der Waals surface area contributed by atoms with Crippen molar-refractivity contribution in [1.29, 1.82) is 0 Å². The van der Waals surface area contributed by atoms with Gasteiger partial charge in [-0.2, -0.15) is 0 Å². The first-order chi connectivity index (χ1) is 14.1. The maximum Gasteiger partial charge on any atom is 0.233 e. The lowest BCUT2D eigenvalue weighted by atomic mass is 10.1. The molecule has 1 saturated heterocycles. The van der Waals surface area contributed by atoms with Crippen molar-refractivity contribution in [3.05, 3.63) is 59.7 Å². The zero-order chi connectivity index (χ0) is 20.2. The van der Waals surface area contributed by atoms with Crippen LogP contribution >= 0.6 is 11.8 Å². The lowest BCUT2D eigenvalue weighted by Crippen LogP contribution is -2.36. The molecule has 5 nitrogen and oxygen atoms in total. The second-order valence-electron chi connectivity index (χ2n) is 7.58. The molecule has 150 valence electrons. The zero-order valence-electron chi connectivity index (χ0n) is 17.0. The number of carbonyl (C=O) groups excluding carboxylic acids is 1. The smallest absolute Gasteiger partial charge is 0.233 e. The van der Waals surface area contributed by atoms with Gasteiger partial charge in [0.15, 0.2) is 11.0 Å². The molecule has 1 aliphatic rings. The molecule has 0 radical (unpaired) electrons. The Bertz CT molecular complexity index is 990. The van der Waals surface area contributed by atoms with Gasteiger partial charge in [0.25, 0.3) is 0 Å². The summed E-state index contributed by atoms with van der Waals surface area (Å²) in [6.07, 6.45) is 3.43. The number of rotatable bonds is 5. The minimum atomic E-state index is 0.185. The Morgan fingerprint density at radius 1 is 0.966 bits per heavy atom. The Labute approximate surface area is 176 Å². The third-order valence-corrected chi connectivity index (χ3v) is 6.15. The molecule has 0 aliphatic carbocycles. The fourth-order valence-corrected chi connectivity index (χ4v) is 4.48. The van der Waals surface area contributed by atoms with E-state index in [1.54, 1.807) is 0 Å². The monoisotopic (exact) mass is 406 g/mol. The molecule has 2 aromatic carbocycles. The van der Waals surface area contributed by atoms with Crippen LogP contribution in [0.1, 0.15) is 30.4 Å². The van der Waals surface area contributed by atoms with Crippen LogP contribution in [0.25, 0.3) is 17.1 Å². The highest BCUT2D eigenvalue weighted by Crippen LogP contribution is 2.29. The van der Waals surface area contributed by atoms with Crippen molar-refractivity contribution in [2.24, 2.45) is 0 Å². The summed E-state index contributed by atoms with van der Waals surface area (Å²) in [4.78, 5) is 14.6. The number of aryl methyl sites for hydroxylation is 2. The van der Waals surface area contributed by atoms with E-state index < -0.39 is 0 Å². The van der Waals surface area contributed by atoms with Crippen LogP contribution in [0.2, 0.25) is 0 Å². The second-order valence-corrected chi connectivity index (χ2v) is 8.52. The second kappa shape index (κ2) is 8.82. The molecule has 1 amide bonds. The van der Waals surface area contributed by atoms with Gasteiger partial charge < -0.3 is 4.90 Å². The van der Waals surface area contributed by atoms with Gasteiger partial charge in [0.05, 0.1) is 5.75 Å². The van der Waals surface area contributed by atoms with Gasteiger partial charge in [-0.05, 0) is 51.3 Å². The van der Waals surface area contributed by atoms with Gasteiger partial charge >= 0.3 is 0 Å². The normalized spacial score (nSPS) is 14.2. The van der Waals surface area contributed by atoms with E-state index in [0.29, 0.717) is 5.75 Å². The minimum absolute atomic E-state index is 0.185. The predicted octanol–water partition coefficient (Wildman–Crippen LogP) is 4.66. The van der Waals surface area contributed by atoms with Crippen molar-refractivity contribution in [3.8, 4) is 17.1 Å². The molecule has 0 saturated carbocycles. The molecule has 0 N–H and O–H groups in total. The summed E-state index contributed by atoms with van der Waals surface area (Å²) in [6, 6.07) is 16.6. The Morgan fingerprint density at radius 3 is 2.45 bits per heavy atom. The van der Waals surface area contributed by atoms with Crippen molar-refractivity contribution in [2.75, 3.05) is 18.8 Å². The molecule has 6 heteroatoms. The Balaban J connectivity index is 1.64. The van der Waals surface area contributed by atoms with Crippen LogP contribution in [0.4, 0.5) is 0 Å². The SMILES string of the molecule is Cc1ccc(-n2c(SCC(=O)N3CCCCC3)nnc2-c2cccc(C)c2)cc1. The largest absolute Gasteiger partial charge is 0.342 e. The quantitative estimate of drug-likeness (QED) is 0.579. The van der Waals surface area contributed by atoms with Gasteiger partial charge in [0.1, 0.15) is 0 Å². The Morgan fingerprint density at radius 2 is 1.72 bits per heavy atom. The number of aromatic nitrogens is 3. The molecule has 29 heavy (non-hydrogen) atoms. The summed E-state index contributed by atoms with van der Waals surface area (Å²) in [5, 5.41) is 9.67. The summed E-state index contributed by atoms with van der Waals surface area (Å²) < 4.78 is 2.06. The van der Waals surface area contributed by atoms with Gasteiger partial charge in [-0.3, -0.25) is 9.36 Å². The van der Waals surface area contributed by atoms with E-state index in [1.165, 1.54) is 29.3 Å². The number of hydrogen-bond acceptors (Lipinski definition) is 4. The van der Waals surface area contributed by atoms with Crippen LogP contribution in [-0.4, -0.2) is 44.4 Å². The maximum atomic E-state index is 12.6. The molecule has 4 rings (SSSR count). The standard InChI is InChI=1S/C23H26N4OS/c1-17-9-11-20(12-10-17)27-22(19-8-6-7-18(2)15-19)24-25-23(27)29-16-21(28)26-13-4-3-5-14-26/h6-12,15H,3-5,13-14,16H2,1-2H3. The van der Waals surface area contributed by atoms with Crippen molar-refractivity contribution in [3.63, 3.8) is 0 Å². The summed E-state index contributed by atoms with van der Waals surface area (Å²) >= 11 is 1.47. The van der Waals surface area contributed by atoms with Crippen molar-refractivity contribution in [1.82, 2.24) is 19.7 Å². The highest BCUT2D eigenvalue weighted by molar-refractivity contribution is 7.99. The average molecular weight is 407 g/mol. The van der Waals surface area contributed by atoms with E-state index in [0.717, 1.165) is 48.2 Å². The molecule has 3 aromatic rings. The first-order valence-electron chi connectivity index (χ1n) is 10.1. The van der Waals surface area contributed by atoms with Crippen molar-refractivity contribution in [2.45, 2.75) is 38.3 Å². The number of piperidine rings is 1. The van der Waals surface area contributed by atoms with Crippen molar-refractivity contribution >= 4 is 17.7 Å². The Hall–Kier alpha value is -2.60. The molecule has 1 aromatic heterocycles. The van der Waals surface area contributed by atoms with E-state index in [2.05, 4.69) is 71.1 Å². The molecule has 0 unspecified atom stereocenters. The summed E-state index contributed by atoms with van der Waals surface area (Å²) in [6.45, 7) is 5.89. The molecule has 1 fully saturated rings. The zero-order valence-corrected chi connectivity index (χ0v) is 17.8. The molecule has 0 spiro atoms. The van der Waals surface area contributed by atoms with Gasteiger partial charge in [0.2, 0.25) is 5.91 Å². The number of benzene rings is 2. The highest BCUT2D eigenvalue weighted by Gasteiger charge is 2.20. The van der Waals surface area contributed by atoms with Gasteiger partial charge in [0, 0.05) is 24.3 Å². The number of nitrogens with zero attached hydrogens (tertiary/aromatic N) is 4. The van der Waals surface area contributed by atoms with Gasteiger partial charge in [-0.25, -0.2) is 0 Å². The molecular formula is C23H26N4OS. The number of hydrogen-bond donors (Lipinski definition) is 0. The van der Waals surface area contributed by atoms with Gasteiger partial charge in [-0.15, -0.1) is 10.2 Å². The maximum absolute atomic E-state index is 12.6. The lowest BCUT2D eigenvalue weighted by Gasteiger charge is -2.26. The number of likely N-dealkylation sites (tertiary alicyclic amines) is 1. The van der Waals surface area contributed by atoms with Gasteiger partial charge in [-0.1, -0.05) is 53.2 Å². The third kappa shape index (κ3) is 4.53. The molecule has 2 heterocycles. The topological polar surface area (TPSA) is 51.0 Å². The minimum Gasteiger partial charge on any atom is -0.342 e. The third-order valence-electron chi connectivity index (χ3n) is 5.24. The van der Waals surface area contributed by atoms with E-state index in [1.807, 2.05) is 11.0 Å². The van der Waals surface area contributed by atoms with Crippen LogP contribution in [0, 0.1) is 13.8 Å². The Kier molecular flexibility index (Phi) is 6.00. The average Bonchev–Trinajstić information content (AvgIpc) is 3.17. The van der Waals surface area contributed by atoms with Crippen LogP contribution < -0.4 is 0 Å². The molecule has 0 atom stereocenters. The summed E-state index contributed by atoms with van der Waals surface area (Å²) in [7, 11) is 0. The van der Waals surface area contributed by atoms with E-state index >= 15 is 0 Å².